The van der Waals surface area contributed by atoms with Gasteiger partial charge < -0.3 is 19.1 Å². The summed E-state index contributed by atoms with van der Waals surface area (Å²) in [6.45, 7) is 5.14. The minimum absolute atomic E-state index is 0.0106. The molecule has 1 aliphatic carbocycles. The van der Waals surface area contributed by atoms with Crippen LogP contribution in [0.2, 0.25) is 0 Å². The molecule has 3 heterocycles. The van der Waals surface area contributed by atoms with Crippen LogP contribution in [-0.2, 0) is 29.0 Å². The predicted molar refractivity (Wildman–Crippen MR) is 132 cm³/mol. The summed E-state index contributed by atoms with van der Waals surface area (Å²) >= 11 is 0. The fraction of sp³-hybridized carbons (Fsp3) is 0.480. The van der Waals surface area contributed by atoms with Crippen molar-refractivity contribution in [3.8, 4) is 0 Å². The molecule has 1 aromatic carbocycles. The zero-order valence-corrected chi connectivity index (χ0v) is 20.7. The molecule has 0 bridgehead atoms. The smallest absolute Gasteiger partial charge is 0.229 e. The number of ketones is 1. The van der Waals surface area contributed by atoms with Crippen LogP contribution in [0.4, 0.5) is 11.4 Å². The van der Waals surface area contributed by atoms with Crippen molar-refractivity contribution in [3.05, 3.63) is 59.6 Å². The van der Waals surface area contributed by atoms with E-state index < -0.39 is 15.6 Å². The van der Waals surface area contributed by atoms with Gasteiger partial charge in [-0.05, 0) is 62.2 Å². The molecule has 1 atom stereocenters. The van der Waals surface area contributed by atoms with Crippen LogP contribution in [-0.4, -0.2) is 77.1 Å². The largest absolute Gasteiger partial charge is 0.489 e. The molecule has 0 radical (unpaired) electrons. The summed E-state index contributed by atoms with van der Waals surface area (Å²) in [6.07, 6.45) is 8.87. The molecule has 0 saturated carbocycles. The highest BCUT2D eigenvalue weighted by Gasteiger charge is 2.50. The Morgan fingerprint density at radius 2 is 1.94 bits per heavy atom. The maximum Gasteiger partial charge on any atom is 0.229 e. The van der Waals surface area contributed by atoms with Crippen LogP contribution >= 0.6 is 0 Å². The lowest BCUT2D eigenvalue weighted by Gasteiger charge is -2.36. The van der Waals surface area contributed by atoms with Crippen molar-refractivity contribution in [1.29, 1.82) is 0 Å². The Bertz CT molecular complexity index is 1180. The van der Waals surface area contributed by atoms with Gasteiger partial charge in [-0.25, -0.2) is 8.42 Å². The molecule has 2 fully saturated rings. The van der Waals surface area contributed by atoms with E-state index in [4.69, 9.17) is 14.2 Å². The predicted octanol–water partition coefficient (Wildman–Crippen LogP) is 2.40. The standard InChI is InChI=1S/C25H31N3O6S/c1-35(30,31)26-19-5-4-6-20(17-19)28-14-12-27(13-15-28)11-3-2-7-21-22(29)8-10-25-23(33-18-34-25)9-16-32-24(21)25/h4-6,8-10,17,26H,2-3,7,11-16,18H2,1H3. The molecule has 1 spiro atoms. The first kappa shape index (κ1) is 23.9. The highest BCUT2D eigenvalue weighted by Crippen LogP contribution is 2.44. The number of hydrogen-bond acceptors (Lipinski definition) is 8. The van der Waals surface area contributed by atoms with Gasteiger partial charge in [0.25, 0.3) is 0 Å². The number of ether oxygens (including phenoxy) is 3. The topological polar surface area (TPSA) is 97.4 Å². The van der Waals surface area contributed by atoms with Gasteiger partial charge in [0.1, 0.15) is 18.1 Å². The quantitative estimate of drug-likeness (QED) is 0.543. The molecule has 188 valence electrons. The van der Waals surface area contributed by atoms with Crippen molar-refractivity contribution in [2.75, 3.05) is 62.0 Å². The lowest BCUT2D eigenvalue weighted by molar-refractivity contribution is -0.112. The van der Waals surface area contributed by atoms with Crippen LogP contribution in [0.5, 0.6) is 0 Å². The Morgan fingerprint density at radius 1 is 1.11 bits per heavy atom. The summed E-state index contributed by atoms with van der Waals surface area (Å²) in [7, 11) is -3.30. The zero-order valence-electron chi connectivity index (χ0n) is 19.9. The number of piperazine rings is 1. The third-order valence-electron chi connectivity index (χ3n) is 6.78. The summed E-state index contributed by atoms with van der Waals surface area (Å²) in [5.41, 5.74) is 1.43. The summed E-state index contributed by atoms with van der Waals surface area (Å²) in [5.74, 6) is 1.31. The maximum absolute atomic E-state index is 12.6. The average molecular weight is 502 g/mol. The van der Waals surface area contributed by atoms with Gasteiger partial charge in [-0.15, -0.1) is 0 Å². The van der Waals surface area contributed by atoms with Gasteiger partial charge in [0.2, 0.25) is 15.6 Å². The number of anilines is 2. The molecular formula is C25H31N3O6S. The lowest BCUT2D eigenvalue weighted by Crippen LogP contribution is -2.46. The van der Waals surface area contributed by atoms with E-state index in [0.29, 0.717) is 30.0 Å². The van der Waals surface area contributed by atoms with E-state index in [1.54, 1.807) is 18.2 Å². The van der Waals surface area contributed by atoms with Crippen LogP contribution in [0.1, 0.15) is 19.3 Å². The van der Waals surface area contributed by atoms with E-state index in [0.717, 1.165) is 63.3 Å². The number of nitrogens with one attached hydrogen (secondary N) is 1. The van der Waals surface area contributed by atoms with E-state index in [9.17, 15) is 13.2 Å². The highest BCUT2D eigenvalue weighted by molar-refractivity contribution is 7.92. The second-order valence-electron chi connectivity index (χ2n) is 9.24. The Balaban J connectivity index is 1.11. The fourth-order valence-corrected chi connectivity index (χ4v) is 5.62. The Kier molecular flexibility index (Phi) is 6.61. The molecule has 9 nitrogen and oxygen atoms in total. The zero-order chi connectivity index (χ0) is 24.5. The van der Waals surface area contributed by atoms with Crippen LogP contribution in [0.15, 0.2) is 59.6 Å². The van der Waals surface area contributed by atoms with Crippen molar-refractivity contribution in [2.45, 2.75) is 24.9 Å². The van der Waals surface area contributed by atoms with Crippen molar-refractivity contribution >= 4 is 27.2 Å². The third-order valence-corrected chi connectivity index (χ3v) is 7.39. The Hall–Kier alpha value is -2.82. The molecule has 2 saturated heterocycles. The fourth-order valence-electron chi connectivity index (χ4n) is 5.07. The summed E-state index contributed by atoms with van der Waals surface area (Å²) in [6, 6.07) is 7.51. The van der Waals surface area contributed by atoms with E-state index in [-0.39, 0.29) is 12.6 Å². The van der Waals surface area contributed by atoms with Gasteiger partial charge >= 0.3 is 0 Å². The van der Waals surface area contributed by atoms with Crippen molar-refractivity contribution in [2.24, 2.45) is 0 Å². The summed E-state index contributed by atoms with van der Waals surface area (Å²) in [5, 5.41) is 0. The second-order valence-corrected chi connectivity index (χ2v) is 11.0. The lowest BCUT2D eigenvalue weighted by atomic mass is 9.85. The normalized spacial score (nSPS) is 24.4. The summed E-state index contributed by atoms with van der Waals surface area (Å²) < 4.78 is 42.9. The first-order valence-electron chi connectivity index (χ1n) is 12.0. The van der Waals surface area contributed by atoms with Gasteiger partial charge in [-0.1, -0.05) is 6.07 Å². The average Bonchev–Trinajstić information content (AvgIpc) is 3.26. The first-order chi connectivity index (χ1) is 16.8. The van der Waals surface area contributed by atoms with E-state index >= 15 is 0 Å². The first-order valence-corrected chi connectivity index (χ1v) is 13.9. The van der Waals surface area contributed by atoms with Crippen molar-refractivity contribution in [3.63, 3.8) is 0 Å². The number of carbonyl (C=O) groups is 1. The van der Waals surface area contributed by atoms with Crippen molar-refractivity contribution in [1.82, 2.24) is 4.90 Å². The number of allylic oxidation sites excluding steroid dienone is 2. The molecule has 0 amide bonds. The summed E-state index contributed by atoms with van der Waals surface area (Å²) in [4.78, 5) is 17.3. The van der Waals surface area contributed by atoms with E-state index in [1.165, 1.54) is 0 Å². The molecule has 1 unspecified atom stereocenters. The number of hydrogen-bond donors (Lipinski definition) is 1. The van der Waals surface area contributed by atoms with Crippen LogP contribution < -0.4 is 9.62 Å². The second kappa shape index (κ2) is 9.67. The number of sulfonamides is 1. The van der Waals surface area contributed by atoms with Crippen LogP contribution in [0.25, 0.3) is 0 Å². The maximum atomic E-state index is 12.6. The van der Waals surface area contributed by atoms with Gasteiger partial charge in [0.15, 0.2) is 12.6 Å². The Morgan fingerprint density at radius 3 is 2.74 bits per heavy atom. The monoisotopic (exact) mass is 501 g/mol. The van der Waals surface area contributed by atoms with E-state index in [2.05, 4.69) is 14.5 Å². The minimum Gasteiger partial charge on any atom is -0.489 e. The number of nitrogens with zero attached hydrogens (tertiary/aromatic N) is 2. The van der Waals surface area contributed by atoms with Crippen molar-refractivity contribution < 1.29 is 27.4 Å². The molecule has 35 heavy (non-hydrogen) atoms. The molecule has 4 aliphatic rings. The third kappa shape index (κ3) is 5.10. The molecule has 10 heteroatoms. The van der Waals surface area contributed by atoms with Gasteiger partial charge in [-0.2, -0.15) is 0 Å². The molecule has 1 N–H and O–H groups in total. The molecule has 1 aromatic rings. The Labute approximate surface area is 206 Å². The highest BCUT2D eigenvalue weighted by atomic mass is 32.2. The van der Waals surface area contributed by atoms with Gasteiger partial charge in [0.05, 0.1) is 11.9 Å². The van der Waals surface area contributed by atoms with Crippen LogP contribution in [0.3, 0.4) is 0 Å². The minimum atomic E-state index is -3.30. The van der Waals surface area contributed by atoms with Gasteiger partial charge in [-0.3, -0.25) is 14.4 Å². The molecule has 5 rings (SSSR count). The van der Waals surface area contributed by atoms with Crippen LogP contribution in [0, 0.1) is 0 Å². The molecule has 0 aromatic heterocycles. The van der Waals surface area contributed by atoms with E-state index in [1.807, 2.05) is 24.3 Å². The SMILES string of the molecule is CS(=O)(=O)Nc1cccc(N2CCN(CCCCC3=C4OCC=C5OCOC54C=CC3=O)CC2)c1. The number of carbonyl (C=O) groups excluding carboxylic acids is 1. The molecular weight excluding hydrogens is 470 g/mol. The van der Waals surface area contributed by atoms with Gasteiger partial charge in [0, 0.05) is 37.4 Å². The number of benzene rings is 1. The molecule has 3 aliphatic heterocycles. The number of rotatable bonds is 8. The number of unbranched alkanes of at least 4 members (excludes halogenated alkanes) is 1.